The largest absolute Gasteiger partial charge is 0.324 e. The van der Waals surface area contributed by atoms with Crippen molar-refractivity contribution in [3.8, 4) is 0 Å². The molecule has 1 atom stereocenters. The fourth-order valence-corrected chi connectivity index (χ4v) is 2.72. The van der Waals surface area contributed by atoms with Crippen LogP contribution in [0.1, 0.15) is 22.7 Å². The lowest BCUT2D eigenvalue weighted by Gasteiger charge is -2.13. The van der Waals surface area contributed by atoms with Crippen LogP contribution in [0.25, 0.3) is 0 Å². The fraction of sp³-hybridized carbons (Fsp3) is 0.200. The minimum atomic E-state index is 0.00220. The third kappa shape index (κ3) is 3.58. The number of hydrogen-bond donors (Lipinski definition) is 1. The summed E-state index contributed by atoms with van der Waals surface area (Å²) >= 11 is 9.37. The van der Waals surface area contributed by atoms with Crippen LogP contribution in [-0.2, 0) is 6.42 Å². The van der Waals surface area contributed by atoms with E-state index in [0.29, 0.717) is 0 Å². The fourth-order valence-electron chi connectivity index (χ4n) is 1.97. The molecule has 0 amide bonds. The molecule has 1 unspecified atom stereocenters. The molecule has 0 saturated carbocycles. The lowest BCUT2D eigenvalue weighted by Crippen LogP contribution is -2.13. The zero-order chi connectivity index (χ0) is 13.1. The maximum absolute atomic E-state index is 6.25. The lowest BCUT2D eigenvalue weighted by atomic mass is 9.98. The average molecular weight is 325 g/mol. The molecule has 2 aromatic rings. The molecule has 0 aliphatic carbocycles. The van der Waals surface area contributed by atoms with Gasteiger partial charge in [-0.05, 0) is 54.3 Å². The van der Waals surface area contributed by atoms with Crippen LogP contribution in [0, 0.1) is 6.92 Å². The van der Waals surface area contributed by atoms with Crippen LogP contribution in [0.4, 0.5) is 0 Å². The molecular formula is C15H15BrClN. The van der Waals surface area contributed by atoms with E-state index in [1.807, 2.05) is 24.3 Å². The molecular weight excluding hydrogens is 310 g/mol. The van der Waals surface area contributed by atoms with E-state index < -0.39 is 0 Å². The summed E-state index contributed by atoms with van der Waals surface area (Å²) in [5, 5.41) is 0.755. The smallest absolute Gasteiger partial charge is 0.0406 e. The van der Waals surface area contributed by atoms with Crippen molar-refractivity contribution in [3.05, 3.63) is 68.7 Å². The van der Waals surface area contributed by atoms with Crippen LogP contribution < -0.4 is 5.73 Å². The molecule has 0 fully saturated rings. The van der Waals surface area contributed by atoms with Crippen molar-refractivity contribution in [2.45, 2.75) is 19.4 Å². The third-order valence-corrected chi connectivity index (χ3v) is 3.57. The van der Waals surface area contributed by atoms with Gasteiger partial charge in [-0.1, -0.05) is 45.7 Å². The number of halogens is 2. The summed E-state index contributed by atoms with van der Waals surface area (Å²) in [6.07, 6.45) is 0.813. The SMILES string of the molecule is Cc1cc(Br)cc(C(N)Cc2ccc(Cl)cc2)c1. The minimum absolute atomic E-state index is 0.00220. The molecule has 0 radical (unpaired) electrons. The maximum Gasteiger partial charge on any atom is 0.0406 e. The highest BCUT2D eigenvalue weighted by atomic mass is 79.9. The van der Waals surface area contributed by atoms with Crippen LogP contribution in [-0.4, -0.2) is 0 Å². The van der Waals surface area contributed by atoms with Gasteiger partial charge >= 0.3 is 0 Å². The van der Waals surface area contributed by atoms with Crippen LogP contribution in [0.15, 0.2) is 46.9 Å². The van der Waals surface area contributed by atoms with Gasteiger partial charge in [-0.25, -0.2) is 0 Å². The normalized spacial score (nSPS) is 12.4. The molecule has 3 heteroatoms. The van der Waals surface area contributed by atoms with Gasteiger partial charge in [0.25, 0.3) is 0 Å². The Labute approximate surface area is 121 Å². The van der Waals surface area contributed by atoms with Gasteiger partial charge in [0.1, 0.15) is 0 Å². The van der Waals surface area contributed by atoms with E-state index >= 15 is 0 Å². The topological polar surface area (TPSA) is 26.0 Å². The maximum atomic E-state index is 6.25. The van der Waals surface area contributed by atoms with Crippen molar-refractivity contribution < 1.29 is 0 Å². The van der Waals surface area contributed by atoms with E-state index in [1.54, 1.807) is 0 Å². The third-order valence-electron chi connectivity index (χ3n) is 2.86. The molecule has 0 aliphatic rings. The number of rotatable bonds is 3. The monoisotopic (exact) mass is 323 g/mol. The Morgan fingerprint density at radius 3 is 2.44 bits per heavy atom. The lowest BCUT2D eigenvalue weighted by molar-refractivity contribution is 0.720. The molecule has 2 rings (SSSR count). The highest BCUT2D eigenvalue weighted by Gasteiger charge is 2.08. The number of benzene rings is 2. The summed E-state index contributed by atoms with van der Waals surface area (Å²) in [7, 11) is 0. The van der Waals surface area contributed by atoms with E-state index in [0.717, 1.165) is 21.5 Å². The molecule has 0 heterocycles. The van der Waals surface area contributed by atoms with Crippen molar-refractivity contribution >= 4 is 27.5 Å². The second-order valence-electron chi connectivity index (χ2n) is 4.50. The van der Waals surface area contributed by atoms with E-state index in [2.05, 4.69) is 41.1 Å². The second kappa shape index (κ2) is 5.87. The highest BCUT2D eigenvalue weighted by Crippen LogP contribution is 2.22. The van der Waals surface area contributed by atoms with E-state index in [-0.39, 0.29) is 6.04 Å². The quantitative estimate of drug-likeness (QED) is 0.873. The first-order valence-corrected chi connectivity index (χ1v) is 6.99. The molecule has 0 aliphatic heterocycles. The predicted octanol–water partition coefficient (Wildman–Crippen LogP) is 4.65. The van der Waals surface area contributed by atoms with Crippen LogP contribution >= 0.6 is 27.5 Å². The summed E-state index contributed by atoms with van der Waals surface area (Å²) in [6, 6.07) is 14.1. The van der Waals surface area contributed by atoms with Crippen LogP contribution in [0.3, 0.4) is 0 Å². The van der Waals surface area contributed by atoms with Gasteiger partial charge in [0, 0.05) is 15.5 Å². The number of aryl methyl sites for hydroxylation is 1. The summed E-state index contributed by atoms with van der Waals surface area (Å²) in [5.74, 6) is 0. The Morgan fingerprint density at radius 2 is 1.83 bits per heavy atom. The molecule has 94 valence electrons. The summed E-state index contributed by atoms with van der Waals surface area (Å²) in [4.78, 5) is 0. The van der Waals surface area contributed by atoms with E-state index in [9.17, 15) is 0 Å². The Morgan fingerprint density at radius 1 is 1.17 bits per heavy atom. The minimum Gasteiger partial charge on any atom is -0.324 e. The predicted molar refractivity (Wildman–Crippen MR) is 81.0 cm³/mol. The Hall–Kier alpha value is -0.830. The Kier molecular flexibility index (Phi) is 4.44. The molecule has 0 bridgehead atoms. The second-order valence-corrected chi connectivity index (χ2v) is 5.85. The summed E-state index contributed by atoms with van der Waals surface area (Å²) in [5.41, 5.74) is 9.81. The number of hydrogen-bond acceptors (Lipinski definition) is 1. The first-order valence-electron chi connectivity index (χ1n) is 5.82. The summed E-state index contributed by atoms with van der Waals surface area (Å²) < 4.78 is 1.07. The van der Waals surface area contributed by atoms with E-state index in [4.69, 9.17) is 17.3 Å². The van der Waals surface area contributed by atoms with Crippen molar-refractivity contribution in [1.29, 1.82) is 0 Å². The van der Waals surface area contributed by atoms with Gasteiger partial charge in [0.2, 0.25) is 0 Å². The molecule has 0 aromatic heterocycles. The molecule has 2 aromatic carbocycles. The van der Waals surface area contributed by atoms with Crippen LogP contribution in [0.5, 0.6) is 0 Å². The number of nitrogens with two attached hydrogens (primary N) is 1. The molecule has 18 heavy (non-hydrogen) atoms. The van der Waals surface area contributed by atoms with Gasteiger partial charge in [-0.15, -0.1) is 0 Å². The van der Waals surface area contributed by atoms with Gasteiger partial charge < -0.3 is 5.73 Å². The highest BCUT2D eigenvalue weighted by molar-refractivity contribution is 9.10. The van der Waals surface area contributed by atoms with Crippen LogP contribution in [0.2, 0.25) is 5.02 Å². The van der Waals surface area contributed by atoms with Crippen molar-refractivity contribution in [2.75, 3.05) is 0 Å². The summed E-state index contributed by atoms with van der Waals surface area (Å²) in [6.45, 7) is 2.07. The van der Waals surface area contributed by atoms with Crippen molar-refractivity contribution in [3.63, 3.8) is 0 Å². The van der Waals surface area contributed by atoms with Gasteiger partial charge in [0.15, 0.2) is 0 Å². The zero-order valence-corrected chi connectivity index (χ0v) is 12.5. The van der Waals surface area contributed by atoms with Crippen molar-refractivity contribution in [1.82, 2.24) is 0 Å². The molecule has 1 nitrogen and oxygen atoms in total. The van der Waals surface area contributed by atoms with Gasteiger partial charge in [0.05, 0.1) is 0 Å². The van der Waals surface area contributed by atoms with Gasteiger partial charge in [-0.2, -0.15) is 0 Å². The Bertz CT molecular complexity index is 516. The first kappa shape index (κ1) is 13.6. The standard InChI is InChI=1S/C15H15BrClN/c1-10-6-12(9-13(16)7-10)15(18)8-11-2-4-14(17)5-3-11/h2-7,9,15H,8,18H2,1H3. The Balaban J connectivity index is 2.16. The molecule has 0 saturated heterocycles. The van der Waals surface area contributed by atoms with Crippen molar-refractivity contribution in [2.24, 2.45) is 5.73 Å². The zero-order valence-electron chi connectivity index (χ0n) is 10.2. The molecule has 2 N–H and O–H groups in total. The average Bonchev–Trinajstić information content (AvgIpc) is 2.31. The first-order chi connectivity index (χ1) is 8.54. The van der Waals surface area contributed by atoms with Gasteiger partial charge in [-0.3, -0.25) is 0 Å². The van der Waals surface area contributed by atoms with E-state index in [1.165, 1.54) is 11.1 Å². The molecule has 0 spiro atoms.